The molecule has 2 N–H and O–H groups in total. The van der Waals surface area contributed by atoms with Gasteiger partial charge in [0.05, 0.1) is 5.39 Å². The fraction of sp³-hybridized carbons (Fsp3) is 0.455. The van der Waals surface area contributed by atoms with Crippen LogP contribution < -0.4 is 5.73 Å². The highest BCUT2D eigenvalue weighted by molar-refractivity contribution is 5.86. The van der Waals surface area contributed by atoms with E-state index < -0.39 is 0 Å². The number of fused-ring (bicyclic) bond motifs is 1. The molecule has 2 aromatic heterocycles. The van der Waals surface area contributed by atoms with Crippen LogP contribution >= 0.6 is 0 Å². The van der Waals surface area contributed by atoms with Crippen LogP contribution in [0.3, 0.4) is 0 Å². The molecule has 15 heavy (non-hydrogen) atoms. The molecule has 1 aliphatic carbocycles. The highest BCUT2D eigenvalue weighted by atomic mass is 15.1. The molecular formula is C11H14N4. The summed E-state index contributed by atoms with van der Waals surface area (Å²) in [6.07, 6.45) is 8.80. The minimum atomic E-state index is 0.580. The fourth-order valence-corrected chi connectivity index (χ4v) is 2.47. The van der Waals surface area contributed by atoms with Gasteiger partial charge in [-0.05, 0) is 18.9 Å². The van der Waals surface area contributed by atoms with E-state index in [0.717, 1.165) is 11.0 Å². The van der Waals surface area contributed by atoms with Crippen LogP contribution in [0.15, 0.2) is 18.6 Å². The van der Waals surface area contributed by atoms with E-state index >= 15 is 0 Å². The minimum absolute atomic E-state index is 0.580. The number of nitrogens with two attached hydrogens (primary N) is 1. The summed E-state index contributed by atoms with van der Waals surface area (Å²) in [6.45, 7) is 0. The summed E-state index contributed by atoms with van der Waals surface area (Å²) in [7, 11) is 0. The van der Waals surface area contributed by atoms with Crippen molar-refractivity contribution in [3.8, 4) is 0 Å². The summed E-state index contributed by atoms with van der Waals surface area (Å²) < 4.78 is 2.25. The van der Waals surface area contributed by atoms with Crippen molar-refractivity contribution < 1.29 is 0 Å². The Kier molecular flexibility index (Phi) is 1.87. The minimum Gasteiger partial charge on any atom is -0.383 e. The molecule has 4 nitrogen and oxygen atoms in total. The van der Waals surface area contributed by atoms with E-state index in [2.05, 4.69) is 20.7 Å². The molecule has 0 atom stereocenters. The van der Waals surface area contributed by atoms with Crippen molar-refractivity contribution in [3.63, 3.8) is 0 Å². The Morgan fingerprint density at radius 3 is 2.87 bits per heavy atom. The number of aromatic nitrogens is 3. The number of hydrogen-bond donors (Lipinski definition) is 1. The second-order valence-electron chi connectivity index (χ2n) is 4.16. The van der Waals surface area contributed by atoms with E-state index in [0.29, 0.717) is 11.9 Å². The molecule has 0 bridgehead atoms. The van der Waals surface area contributed by atoms with Crippen LogP contribution in [0, 0.1) is 0 Å². The molecule has 0 radical (unpaired) electrons. The second kappa shape index (κ2) is 3.22. The van der Waals surface area contributed by atoms with Gasteiger partial charge in [0.15, 0.2) is 0 Å². The maximum atomic E-state index is 5.80. The molecule has 0 spiro atoms. The lowest BCUT2D eigenvalue weighted by Crippen LogP contribution is -2.04. The van der Waals surface area contributed by atoms with Gasteiger partial charge in [0.1, 0.15) is 17.8 Å². The van der Waals surface area contributed by atoms with Gasteiger partial charge in [-0.2, -0.15) is 0 Å². The predicted molar refractivity (Wildman–Crippen MR) is 59.4 cm³/mol. The fourth-order valence-electron chi connectivity index (χ4n) is 2.47. The number of hydrogen-bond acceptors (Lipinski definition) is 3. The Hall–Kier alpha value is -1.58. The average molecular weight is 202 g/mol. The highest BCUT2D eigenvalue weighted by Gasteiger charge is 2.19. The topological polar surface area (TPSA) is 56.7 Å². The quantitative estimate of drug-likeness (QED) is 0.770. The summed E-state index contributed by atoms with van der Waals surface area (Å²) in [5.41, 5.74) is 6.78. The van der Waals surface area contributed by atoms with E-state index in [9.17, 15) is 0 Å². The normalized spacial score (nSPS) is 17.6. The van der Waals surface area contributed by atoms with Crippen molar-refractivity contribution in [1.29, 1.82) is 0 Å². The SMILES string of the molecule is Nc1ncnc2c1ccn2C1CCCC1. The molecule has 4 heteroatoms. The zero-order chi connectivity index (χ0) is 10.3. The molecule has 0 saturated heterocycles. The summed E-state index contributed by atoms with van der Waals surface area (Å²) >= 11 is 0. The van der Waals surface area contributed by atoms with Gasteiger partial charge < -0.3 is 10.3 Å². The highest BCUT2D eigenvalue weighted by Crippen LogP contribution is 2.32. The zero-order valence-electron chi connectivity index (χ0n) is 8.56. The summed E-state index contributed by atoms with van der Waals surface area (Å²) in [6, 6.07) is 2.62. The molecule has 2 aromatic rings. The van der Waals surface area contributed by atoms with Gasteiger partial charge in [0.25, 0.3) is 0 Å². The first-order chi connectivity index (χ1) is 7.36. The lowest BCUT2D eigenvalue weighted by atomic mass is 10.2. The van der Waals surface area contributed by atoms with Crippen molar-refractivity contribution in [2.24, 2.45) is 0 Å². The third-order valence-electron chi connectivity index (χ3n) is 3.26. The van der Waals surface area contributed by atoms with Gasteiger partial charge in [-0.1, -0.05) is 12.8 Å². The Morgan fingerprint density at radius 2 is 2.07 bits per heavy atom. The Labute approximate surface area is 88.1 Å². The van der Waals surface area contributed by atoms with Gasteiger partial charge in [-0.15, -0.1) is 0 Å². The lowest BCUT2D eigenvalue weighted by Gasteiger charge is -2.12. The van der Waals surface area contributed by atoms with E-state index in [4.69, 9.17) is 5.73 Å². The molecule has 2 heterocycles. The molecule has 1 saturated carbocycles. The molecule has 3 rings (SSSR count). The third kappa shape index (κ3) is 1.28. The second-order valence-corrected chi connectivity index (χ2v) is 4.16. The Bertz CT molecular complexity index is 482. The lowest BCUT2D eigenvalue weighted by molar-refractivity contribution is 0.532. The number of rotatable bonds is 1. The zero-order valence-corrected chi connectivity index (χ0v) is 8.56. The van der Waals surface area contributed by atoms with E-state index in [1.165, 1.54) is 25.7 Å². The Balaban J connectivity index is 2.15. The standard InChI is InChI=1S/C11H14N4/c12-10-9-5-6-15(8-3-1-2-4-8)11(9)14-7-13-10/h5-8H,1-4H2,(H2,12,13,14). The van der Waals surface area contributed by atoms with Crippen LogP contribution in [-0.2, 0) is 0 Å². The van der Waals surface area contributed by atoms with Gasteiger partial charge in [0, 0.05) is 12.2 Å². The molecule has 1 fully saturated rings. The van der Waals surface area contributed by atoms with Crippen molar-refractivity contribution in [3.05, 3.63) is 18.6 Å². The summed E-state index contributed by atoms with van der Waals surface area (Å²) in [4.78, 5) is 8.32. The van der Waals surface area contributed by atoms with Crippen molar-refractivity contribution in [2.75, 3.05) is 5.73 Å². The molecule has 78 valence electrons. The van der Waals surface area contributed by atoms with Crippen molar-refractivity contribution in [2.45, 2.75) is 31.7 Å². The van der Waals surface area contributed by atoms with Crippen LogP contribution in [0.25, 0.3) is 11.0 Å². The number of anilines is 1. The van der Waals surface area contributed by atoms with Crippen LogP contribution in [0.2, 0.25) is 0 Å². The molecule has 1 aliphatic rings. The smallest absolute Gasteiger partial charge is 0.145 e. The van der Waals surface area contributed by atoms with Crippen molar-refractivity contribution >= 4 is 16.9 Å². The predicted octanol–water partition coefficient (Wildman–Crippen LogP) is 2.13. The maximum Gasteiger partial charge on any atom is 0.145 e. The van der Waals surface area contributed by atoms with E-state index in [1.807, 2.05) is 6.07 Å². The molecular weight excluding hydrogens is 188 g/mol. The number of nitrogens with zero attached hydrogens (tertiary/aromatic N) is 3. The molecule has 0 aliphatic heterocycles. The van der Waals surface area contributed by atoms with Gasteiger partial charge in [0.2, 0.25) is 0 Å². The molecule has 0 amide bonds. The van der Waals surface area contributed by atoms with Crippen molar-refractivity contribution in [1.82, 2.24) is 14.5 Å². The van der Waals surface area contributed by atoms with Crippen LogP contribution in [0.5, 0.6) is 0 Å². The molecule has 0 aromatic carbocycles. The first kappa shape index (κ1) is 8.71. The molecule has 0 unspecified atom stereocenters. The monoisotopic (exact) mass is 202 g/mol. The maximum absolute atomic E-state index is 5.80. The van der Waals surface area contributed by atoms with E-state index in [-0.39, 0.29) is 0 Å². The van der Waals surface area contributed by atoms with Crippen LogP contribution in [-0.4, -0.2) is 14.5 Å². The van der Waals surface area contributed by atoms with Crippen LogP contribution in [0.1, 0.15) is 31.7 Å². The Morgan fingerprint density at radius 1 is 1.27 bits per heavy atom. The van der Waals surface area contributed by atoms with E-state index in [1.54, 1.807) is 6.33 Å². The summed E-state index contributed by atoms with van der Waals surface area (Å²) in [5.74, 6) is 0.580. The average Bonchev–Trinajstić information content (AvgIpc) is 2.85. The first-order valence-electron chi connectivity index (χ1n) is 5.43. The van der Waals surface area contributed by atoms with Gasteiger partial charge >= 0.3 is 0 Å². The van der Waals surface area contributed by atoms with Crippen LogP contribution in [0.4, 0.5) is 5.82 Å². The number of nitrogen functional groups attached to an aromatic ring is 1. The third-order valence-corrected chi connectivity index (χ3v) is 3.26. The summed E-state index contributed by atoms with van der Waals surface area (Å²) in [5, 5.41) is 0.976. The largest absolute Gasteiger partial charge is 0.383 e. The van der Waals surface area contributed by atoms with Gasteiger partial charge in [-0.3, -0.25) is 0 Å². The van der Waals surface area contributed by atoms with Gasteiger partial charge in [-0.25, -0.2) is 9.97 Å². The first-order valence-corrected chi connectivity index (χ1v) is 5.43.